The Labute approximate surface area is 157 Å². The number of likely N-dealkylation sites (N-methyl/N-ethyl adjacent to an activating group) is 2. The van der Waals surface area contributed by atoms with Crippen LogP contribution in [0.2, 0.25) is 0 Å². The fourth-order valence-electron chi connectivity index (χ4n) is 2.98. The molecule has 2 amide bonds. The van der Waals surface area contributed by atoms with Gasteiger partial charge in [-0.25, -0.2) is 0 Å². The van der Waals surface area contributed by atoms with Crippen molar-refractivity contribution in [1.29, 1.82) is 0 Å². The van der Waals surface area contributed by atoms with Gasteiger partial charge in [0.15, 0.2) is 0 Å². The summed E-state index contributed by atoms with van der Waals surface area (Å²) in [6.45, 7) is 6.93. The lowest BCUT2D eigenvalue weighted by atomic mass is 10.1. The van der Waals surface area contributed by atoms with Crippen molar-refractivity contribution in [2.75, 3.05) is 39.8 Å². The monoisotopic (exact) mass is 376 g/mol. The minimum absolute atomic E-state index is 0.0774. The zero-order chi connectivity index (χ0) is 18.0. The summed E-state index contributed by atoms with van der Waals surface area (Å²) in [5, 5.41) is 0. The Morgan fingerprint density at radius 1 is 1.28 bits per heavy atom. The van der Waals surface area contributed by atoms with E-state index < -0.39 is 0 Å². The van der Waals surface area contributed by atoms with Crippen LogP contribution in [0.5, 0.6) is 0 Å². The van der Waals surface area contributed by atoms with Crippen molar-refractivity contribution in [3.63, 3.8) is 0 Å². The van der Waals surface area contributed by atoms with Gasteiger partial charge >= 0.3 is 0 Å². The molecule has 0 aliphatic carbocycles. The number of rotatable bonds is 3. The lowest BCUT2D eigenvalue weighted by Gasteiger charge is -2.31. The van der Waals surface area contributed by atoms with E-state index in [4.69, 9.17) is 12.2 Å². The summed E-state index contributed by atoms with van der Waals surface area (Å²) in [5.74, 6) is 0.00744. The number of nitrogens with zero attached hydrogens (tertiary/aromatic N) is 2. The topological polar surface area (TPSA) is 45.1 Å². The van der Waals surface area contributed by atoms with E-state index in [0.29, 0.717) is 14.8 Å². The number of carbonyl (C=O) groups is 2. The average Bonchev–Trinajstić information content (AvgIpc) is 2.88. The number of piperazine rings is 1. The van der Waals surface area contributed by atoms with E-state index in [0.717, 1.165) is 38.3 Å². The van der Waals surface area contributed by atoms with Gasteiger partial charge in [0, 0.05) is 12.6 Å². The number of thiocarbonyl (C=S) groups is 1. The van der Waals surface area contributed by atoms with Gasteiger partial charge in [0.25, 0.3) is 11.8 Å². The maximum absolute atomic E-state index is 12.6. The summed E-state index contributed by atoms with van der Waals surface area (Å²) in [7, 11) is 1.68. The van der Waals surface area contributed by atoms with Crippen molar-refractivity contribution < 1.29 is 14.5 Å². The zero-order valence-corrected chi connectivity index (χ0v) is 16.1. The summed E-state index contributed by atoms with van der Waals surface area (Å²) in [6, 6.07) is 7.42. The number of nitrogens with one attached hydrogen (secondary N) is 1. The molecule has 2 aliphatic heterocycles. The Morgan fingerprint density at radius 2 is 1.92 bits per heavy atom. The normalized spacial score (nSPS) is 20.6. The molecule has 7 heteroatoms. The third kappa shape index (κ3) is 3.94. The largest absolute Gasteiger partial charge is 0.332 e. The first kappa shape index (κ1) is 18.1. The number of hydrogen-bond donors (Lipinski definition) is 1. The van der Waals surface area contributed by atoms with Crippen LogP contribution in [0.4, 0.5) is 0 Å². The number of quaternary nitrogens is 1. The van der Waals surface area contributed by atoms with E-state index >= 15 is 0 Å². The van der Waals surface area contributed by atoms with Crippen molar-refractivity contribution in [3.05, 3.63) is 40.3 Å². The molecule has 3 rings (SSSR count). The summed E-state index contributed by atoms with van der Waals surface area (Å²) < 4.78 is 0.566. The molecule has 0 unspecified atom stereocenters. The maximum atomic E-state index is 12.6. The summed E-state index contributed by atoms with van der Waals surface area (Å²) >= 11 is 6.44. The average molecular weight is 377 g/mol. The Morgan fingerprint density at radius 3 is 2.44 bits per heavy atom. The predicted octanol–water partition coefficient (Wildman–Crippen LogP) is 0.878. The first-order valence-electron chi connectivity index (χ1n) is 8.44. The Bertz CT molecular complexity index is 722. The quantitative estimate of drug-likeness (QED) is 0.628. The van der Waals surface area contributed by atoms with Crippen molar-refractivity contribution in [1.82, 2.24) is 9.80 Å². The smallest absolute Gasteiger partial charge is 0.265 e. The van der Waals surface area contributed by atoms with Gasteiger partial charge in [0.2, 0.25) is 0 Å². The van der Waals surface area contributed by atoms with Gasteiger partial charge in [-0.15, -0.1) is 0 Å². The standard InChI is InChI=1S/C18H21N3O2S2/c1-3-20-8-10-21(11-9-20)16(22)14-6-4-13(5-7-14)12-15-17(23)19(2)18(24)25-15/h4-7,12H,3,8-11H2,1-2H3/p+1/b15-12+. The molecule has 0 bridgehead atoms. The molecule has 0 atom stereocenters. The molecule has 2 fully saturated rings. The Kier molecular flexibility index (Phi) is 5.56. The molecule has 1 N–H and O–H groups in total. The van der Waals surface area contributed by atoms with Crippen LogP contribution in [0.15, 0.2) is 29.2 Å². The van der Waals surface area contributed by atoms with Crippen LogP contribution in [-0.2, 0) is 4.79 Å². The van der Waals surface area contributed by atoms with Crippen LogP contribution in [0.25, 0.3) is 6.08 Å². The van der Waals surface area contributed by atoms with Crippen LogP contribution in [0, 0.1) is 0 Å². The summed E-state index contributed by atoms with van der Waals surface area (Å²) in [4.78, 5) is 30.2. The fourth-order valence-corrected chi connectivity index (χ4v) is 4.16. The van der Waals surface area contributed by atoms with Crippen molar-refractivity contribution in [2.24, 2.45) is 0 Å². The minimum atomic E-state index is -0.0774. The Hall–Kier alpha value is -1.70. The number of benzene rings is 1. The van der Waals surface area contributed by atoms with Gasteiger partial charge in [-0.05, 0) is 30.7 Å². The van der Waals surface area contributed by atoms with Gasteiger partial charge in [0.05, 0.1) is 37.6 Å². The third-order valence-electron chi connectivity index (χ3n) is 4.70. The van der Waals surface area contributed by atoms with Gasteiger partial charge in [-0.2, -0.15) is 0 Å². The minimum Gasteiger partial charge on any atom is -0.332 e. The second-order valence-corrected chi connectivity index (χ2v) is 7.93. The van der Waals surface area contributed by atoms with Crippen molar-refractivity contribution in [2.45, 2.75) is 6.92 Å². The molecule has 1 aromatic carbocycles. The molecule has 132 valence electrons. The van der Waals surface area contributed by atoms with E-state index in [1.807, 2.05) is 35.2 Å². The van der Waals surface area contributed by atoms with Crippen LogP contribution in [-0.4, -0.2) is 65.7 Å². The molecular weight excluding hydrogens is 354 g/mol. The number of hydrogen-bond acceptors (Lipinski definition) is 4. The van der Waals surface area contributed by atoms with Crippen LogP contribution in [0.1, 0.15) is 22.8 Å². The predicted molar refractivity (Wildman–Crippen MR) is 105 cm³/mol. The molecule has 0 saturated carbocycles. The second kappa shape index (κ2) is 7.68. The maximum Gasteiger partial charge on any atom is 0.265 e. The molecule has 2 aliphatic rings. The molecule has 2 heterocycles. The van der Waals surface area contributed by atoms with Crippen molar-refractivity contribution in [3.8, 4) is 0 Å². The third-order valence-corrected chi connectivity index (χ3v) is 6.18. The summed E-state index contributed by atoms with van der Waals surface area (Å²) in [6.07, 6.45) is 1.82. The number of amides is 2. The van der Waals surface area contributed by atoms with Gasteiger partial charge < -0.3 is 9.80 Å². The molecule has 25 heavy (non-hydrogen) atoms. The second-order valence-electron chi connectivity index (χ2n) is 6.26. The highest BCUT2D eigenvalue weighted by Gasteiger charge is 2.28. The molecule has 0 spiro atoms. The van der Waals surface area contributed by atoms with Crippen LogP contribution >= 0.6 is 24.0 Å². The van der Waals surface area contributed by atoms with Gasteiger partial charge in [-0.3, -0.25) is 14.5 Å². The van der Waals surface area contributed by atoms with Crippen LogP contribution in [0.3, 0.4) is 0 Å². The highest BCUT2D eigenvalue weighted by atomic mass is 32.2. The van der Waals surface area contributed by atoms with Gasteiger partial charge in [0.1, 0.15) is 4.32 Å². The zero-order valence-electron chi connectivity index (χ0n) is 14.4. The van der Waals surface area contributed by atoms with E-state index in [2.05, 4.69) is 6.92 Å². The lowest BCUT2D eigenvalue weighted by Crippen LogP contribution is -3.14. The lowest BCUT2D eigenvalue weighted by molar-refractivity contribution is -0.902. The molecule has 2 saturated heterocycles. The first-order chi connectivity index (χ1) is 12.0. The van der Waals surface area contributed by atoms with E-state index in [1.54, 1.807) is 11.9 Å². The highest BCUT2D eigenvalue weighted by Crippen LogP contribution is 2.31. The van der Waals surface area contributed by atoms with E-state index in [-0.39, 0.29) is 11.8 Å². The molecule has 0 radical (unpaired) electrons. The van der Waals surface area contributed by atoms with E-state index in [9.17, 15) is 9.59 Å². The van der Waals surface area contributed by atoms with Crippen molar-refractivity contribution >= 4 is 46.2 Å². The van der Waals surface area contributed by atoms with Crippen LogP contribution < -0.4 is 4.90 Å². The molecule has 5 nitrogen and oxygen atoms in total. The molecular formula is C18H22N3O2S2+. The Balaban J connectivity index is 1.67. The van der Waals surface area contributed by atoms with Gasteiger partial charge in [-0.1, -0.05) is 36.1 Å². The summed E-state index contributed by atoms with van der Waals surface area (Å²) in [5.41, 5.74) is 1.59. The first-order valence-corrected chi connectivity index (χ1v) is 9.66. The number of thioether (sulfide) groups is 1. The SMILES string of the molecule is CC[NH+]1CCN(C(=O)c2ccc(/C=C3/SC(=S)N(C)C3=O)cc2)CC1. The molecule has 0 aromatic heterocycles. The fraction of sp³-hybridized carbons (Fsp3) is 0.389. The number of carbonyl (C=O) groups excluding carboxylic acids is 2. The van der Waals surface area contributed by atoms with E-state index in [1.165, 1.54) is 16.7 Å². The molecule has 1 aromatic rings. The highest BCUT2D eigenvalue weighted by molar-refractivity contribution is 8.26.